The highest BCUT2D eigenvalue weighted by Gasteiger charge is 2.20. The molecule has 2 aromatic carbocycles. The number of carbonyl (C=O) groups excluding carboxylic acids is 2. The lowest BCUT2D eigenvalue weighted by Crippen LogP contribution is -2.42. The molecule has 0 bridgehead atoms. The fourth-order valence-electron chi connectivity index (χ4n) is 5.11. The average molecular weight is 576 g/mol. The zero-order chi connectivity index (χ0) is 28.1. The molecule has 0 spiro atoms. The number of halogens is 2. The summed E-state index contributed by atoms with van der Waals surface area (Å²) in [7, 11) is 2.90. The van der Waals surface area contributed by atoms with E-state index >= 15 is 0 Å². The molecule has 1 saturated carbocycles. The highest BCUT2D eigenvalue weighted by molar-refractivity contribution is 6.32. The zero-order valence-electron chi connectivity index (χ0n) is 21.9. The van der Waals surface area contributed by atoms with Crippen LogP contribution < -0.4 is 26.0 Å². The first-order valence-corrected chi connectivity index (χ1v) is 13.6. The lowest BCUT2D eigenvalue weighted by Gasteiger charge is -2.16. The normalized spacial score (nSPS) is 13.5. The molecular weight excluding hydrogens is 545 g/mol. The molecule has 1 aliphatic carbocycles. The van der Waals surface area contributed by atoms with Gasteiger partial charge in [-0.3, -0.25) is 23.5 Å². The minimum atomic E-state index is -0.645. The monoisotopic (exact) mass is 575 g/mol. The number of nitrogens with one attached hydrogen (secondary N) is 1. The van der Waals surface area contributed by atoms with Gasteiger partial charge in [-0.2, -0.15) is 0 Å². The Hall–Kier alpha value is -3.30. The van der Waals surface area contributed by atoms with Crippen LogP contribution in [0, 0.1) is 5.92 Å². The Morgan fingerprint density at radius 2 is 1.72 bits per heavy atom. The van der Waals surface area contributed by atoms with Crippen LogP contribution in [-0.4, -0.2) is 35.0 Å². The molecule has 9 nitrogen and oxygen atoms in total. The van der Waals surface area contributed by atoms with Crippen LogP contribution >= 0.6 is 23.2 Å². The topological polar surface area (TPSA) is 109 Å². The molecule has 0 radical (unpaired) electrons. The summed E-state index contributed by atoms with van der Waals surface area (Å²) in [5.74, 6) is 0.744. The van der Waals surface area contributed by atoms with Gasteiger partial charge in [0.2, 0.25) is 5.91 Å². The lowest BCUT2D eigenvalue weighted by atomic mass is 9.99. The van der Waals surface area contributed by atoms with Crippen molar-refractivity contribution in [1.29, 1.82) is 0 Å². The number of hydrogen-bond donors (Lipinski definition) is 1. The molecule has 208 valence electrons. The van der Waals surface area contributed by atoms with E-state index in [1.165, 1.54) is 55.9 Å². The van der Waals surface area contributed by atoms with E-state index in [0.717, 1.165) is 17.4 Å². The molecule has 0 atom stereocenters. The largest absolute Gasteiger partial charge is 0.495 e. The summed E-state index contributed by atoms with van der Waals surface area (Å²) in [6, 6.07) is 7.58. The van der Waals surface area contributed by atoms with Gasteiger partial charge < -0.3 is 14.8 Å². The minimum Gasteiger partial charge on any atom is -0.495 e. The SMILES string of the molecule is COc1cc(OC)c(NC(=O)Cn2c(=O)n(CCCC(=O)CC3CCCC3)c(=O)c3cc(Cl)ccc32)cc1Cl. The first-order chi connectivity index (χ1) is 18.7. The number of benzene rings is 2. The van der Waals surface area contributed by atoms with Crippen LogP contribution in [0.5, 0.6) is 11.5 Å². The van der Waals surface area contributed by atoms with Crippen molar-refractivity contribution in [2.75, 3.05) is 19.5 Å². The van der Waals surface area contributed by atoms with Crippen LogP contribution in [0.4, 0.5) is 5.69 Å². The van der Waals surface area contributed by atoms with Gasteiger partial charge in [0.1, 0.15) is 23.8 Å². The quantitative estimate of drug-likeness (QED) is 0.342. The summed E-state index contributed by atoms with van der Waals surface area (Å²) in [6.07, 6.45) is 5.67. The number of methoxy groups -OCH3 is 2. The predicted molar refractivity (Wildman–Crippen MR) is 151 cm³/mol. The van der Waals surface area contributed by atoms with Crippen molar-refractivity contribution < 1.29 is 19.1 Å². The first kappa shape index (κ1) is 28.7. The molecule has 3 aromatic rings. The number of carbonyl (C=O) groups is 2. The van der Waals surface area contributed by atoms with Crippen molar-refractivity contribution in [2.45, 2.75) is 58.0 Å². The Morgan fingerprint density at radius 3 is 2.41 bits per heavy atom. The van der Waals surface area contributed by atoms with Crippen LogP contribution in [0.25, 0.3) is 10.9 Å². The summed E-state index contributed by atoms with van der Waals surface area (Å²) in [5, 5.41) is 3.51. The molecule has 11 heteroatoms. The van der Waals surface area contributed by atoms with E-state index in [2.05, 4.69) is 5.32 Å². The average Bonchev–Trinajstić information content (AvgIpc) is 3.41. The van der Waals surface area contributed by atoms with Crippen molar-refractivity contribution in [1.82, 2.24) is 9.13 Å². The molecule has 39 heavy (non-hydrogen) atoms. The van der Waals surface area contributed by atoms with Crippen LogP contribution in [0.3, 0.4) is 0 Å². The highest BCUT2D eigenvalue weighted by atomic mass is 35.5. The summed E-state index contributed by atoms with van der Waals surface area (Å²) >= 11 is 12.4. The van der Waals surface area contributed by atoms with Gasteiger partial charge >= 0.3 is 5.69 Å². The maximum absolute atomic E-state index is 13.5. The van der Waals surface area contributed by atoms with E-state index in [9.17, 15) is 19.2 Å². The molecule has 0 unspecified atom stereocenters. The van der Waals surface area contributed by atoms with Gasteiger partial charge in [0.05, 0.1) is 35.8 Å². The maximum Gasteiger partial charge on any atom is 0.331 e. The van der Waals surface area contributed by atoms with Gasteiger partial charge in [-0.05, 0) is 36.6 Å². The van der Waals surface area contributed by atoms with E-state index in [1.54, 1.807) is 6.07 Å². The van der Waals surface area contributed by atoms with Gasteiger partial charge in [0.15, 0.2) is 0 Å². The Kier molecular flexibility index (Phi) is 9.35. The molecule has 1 amide bonds. The second-order valence-corrected chi connectivity index (χ2v) is 10.6. The molecule has 1 heterocycles. The van der Waals surface area contributed by atoms with Crippen molar-refractivity contribution >= 4 is 51.5 Å². The van der Waals surface area contributed by atoms with Gasteiger partial charge in [-0.1, -0.05) is 48.9 Å². The standard InChI is InChI=1S/C28H31Cl2N3O6/c1-38-24-15-25(39-2)22(14-21(24)30)31-26(35)16-33-23-10-9-18(29)13-20(23)27(36)32(28(33)37)11-5-8-19(34)12-17-6-3-4-7-17/h9-10,13-15,17H,3-8,11-12,16H2,1-2H3,(H,31,35). The van der Waals surface area contributed by atoms with Crippen LogP contribution in [0.15, 0.2) is 39.9 Å². The second-order valence-electron chi connectivity index (χ2n) is 9.72. The zero-order valence-corrected chi connectivity index (χ0v) is 23.4. The summed E-state index contributed by atoms with van der Waals surface area (Å²) in [5.41, 5.74) is -0.588. The Bertz CT molecular complexity index is 1510. The number of rotatable bonds is 11. The van der Waals surface area contributed by atoms with Crippen molar-refractivity contribution in [3.8, 4) is 11.5 Å². The van der Waals surface area contributed by atoms with Crippen molar-refractivity contribution in [3.05, 3.63) is 61.2 Å². The Labute approximate surface area is 235 Å². The van der Waals surface area contributed by atoms with E-state index in [1.807, 2.05) is 0 Å². The third kappa shape index (κ3) is 6.65. The Balaban J connectivity index is 1.59. The number of ether oxygens (including phenoxy) is 2. The molecule has 0 saturated heterocycles. The van der Waals surface area contributed by atoms with E-state index in [4.69, 9.17) is 32.7 Å². The van der Waals surface area contributed by atoms with Gasteiger partial charge in [0, 0.05) is 30.5 Å². The Morgan fingerprint density at radius 1 is 1.00 bits per heavy atom. The van der Waals surface area contributed by atoms with Crippen LogP contribution in [0.2, 0.25) is 10.0 Å². The van der Waals surface area contributed by atoms with Crippen LogP contribution in [0.1, 0.15) is 44.9 Å². The molecular formula is C28H31Cl2N3O6. The molecule has 1 aliphatic rings. The van der Waals surface area contributed by atoms with E-state index < -0.39 is 17.2 Å². The number of amides is 1. The van der Waals surface area contributed by atoms with E-state index in [-0.39, 0.29) is 41.2 Å². The number of anilines is 1. The number of nitrogens with zero attached hydrogens (tertiary/aromatic N) is 2. The summed E-state index contributed by atoms with van der Waals surface area (Å²) < 4.78 is 12.8. The number of fused-ring (bicyclic) bond motifs is 1. The second kappa shape index (κ2) is 12.7. The molecule has 1 fully saturated rings. The third-order valence-electron chi connectivity index (χ3n) is 7.06. The minimum absolute atomic E-state index is 0.0556. The van der Waals surface area contributed by atoms with Gasteiger partial charge in [-0.15, -0.1) is 0 Å². The van der Waals surface area contributed by atoms with E-state index in [0.29, 0.717) is 41.0 Å². The predicted octanol–water partition coefficient (Wildman–Crippen LogP) is 5.06. The summed E-state index contributed by atoms with van der Waals surface area (Å²) in [6.45, 7) is -0.329. The van der Waals surface area contributed by atoms with Gasteiger partial charge in [0.25, 0.3) is 5.56 Å². The fourth-order valence-corrected chi connectivity index (χ4v) is 5.52. The van der Waals surface area contributed by atoms with Crippen molar-refractivity contribution in [3.63, 3.8) is 0 Å². The highest BCUT2D eigenvalue weighted by Crippen LogP contribution is 2.36. The number of hydrogen-bond acceptors (Lipinski definition) is 6. The van der Waals surface area contributed by atoms with Crippen molar-refractivity contribution in [2.24, 2.45) is 5.92 Å². The molecule has 4 rings (SSSR count). The molecule has 1 aromatic heterocycles. The molecule has 1 N–H and O–H groups in total. The maximum atomic E-state index is 13.5. The number of Topliss-reactive ketones (excluding diaryl/α,β-unsaturated/α-hetero) is 1. The number of ketones is 1. The molecule has 0 aliphatic heterocycles. The lowest BCUT2D eigenvalue weighted by molar-refractivity contribution is -0.120. The smallest absolute Gasteiger partial charge is 0.331 e. The fraction of sp³-hybridized carbons (Fsp3) is 0.429. The van der Waals surface area contributed by atoms with Crippen LogP contribution in [-0.2, 0) is 22.7 Å². The summed E-state index contributed by atoms with van der Waals surface area (Å²) in [4.78, 5) is 52.2. The van der Waals surface area contributed by atoms with Gasteiger partial charge in [-0.25, -0.2) is 4.79 Å². The third-order valence-corrected chi connectivity index (χ3v) is 7.60. The first-order valence-electron chi connectivity index (χ1n) is 12.9. The number of aromatic nitrogens is 2.